The quantitative estimate of drug-likeness (QED) is 0.690. The lowest BCUT2D eigenvalue weighted by molar-refractivity contribution is 0.245. The van der Waals surface area contributed by atoms with Crippen molar-refractivity contribution in [1.29, 1.82) is 0 Å². The highest BCUT2D eigenvalue weighted by molar-refractivity contribution is 6.18. The largest absolute Gasteiger partial charge is 0.489 e. The Bertz CT molecular complexity index is 266. The summed E-state index contributed by atoms with van der Waals surface area (Å²) in [4.78, 5) is 0. The number of halogens is 1. The van der Waals surface area contributed by atoms with Crippen LogP contribution in [0.4, 0.5) is 0 Å². The van der Waals surface area contributed by atoms with Crippen molar-refractivity contribution in [3.8, 4) is 5.75 Å². The molecule has 0 saturated heterocycles. The average Bonchev–Trinajstić information content (AvgIpc) is 2.18. The predicted molar refractivity (Wildman–Crippen MR) is 61.3 cm³/mol. The van der Waals surface area contributed by atoms with Gasteiger partial charge in [-0.25, -0.2) is 0 Å². The molecule has 0 aromatic heterocycles. The van der Waals surface area contributed by atoms with Crippen LogP contribution in [-0.2, 0) is 0 Å². The highest BCUT2D eigenvalue weighted by Gasteiger charge is 2.03. The van der Waals surface area contributed by atoms with E-state index in [1.165, 1.54) is 5.56 Å². The SMILES string of the molecule is CC(CCl)Oc1ccc(C(C)C)cc1. The Balaban J connectivity index is 2.64. The van der Waals surface area contributed by atoms with Gasteiger partial charge < -0.3 is 4.74 Å². The molecule has 0 amide bonds. The summed E-state index contributed by atoms with van der Waals surface area (Å²) in [5.74, 6) is 1.98. The normalized spacial score (nSPS) is 12.9. The number of hydrogen-bond acceptors (Lipinski definition) is 1. The maximum atomic E-state index is 5.66. The van der Waals surface area contributed by atoms with Crippen LogP contribution in [0.1, 0.15) is 32.3 Å². The second-order valence-electron chi connectivity index (χ2n) is 3.81. The van der Waals surface area contributed by atoms with Crippen molar-refractivity contribution in [2.45, 2.75) is 32.8 Å². The second-order valence-corrected chi connectivity index (χ2v) is 4.12. The molecular weight excluding hydrogens is 196 g/mol. The van der Waals surface area contributed by atoms with Crippen LogP contribution in [0.25, 0.3) is 0 Å². The first-order valence-electron chi connectivity index (χ1n) is 4.96. The molecule has 0 N–H and O–H groups in total. The molecule has 0 spiro atoms. The van der Waals surface area contributed by atoms with Crippen LogP contribution in [0, 0.1) is 0 Å². The van der Waals surface area contributed by atoms with Gasteiger partial charge in [-0.3, -0.25) is 0 Å². The van der Waals surface area contributed by atoms with Gasteiger partial charge in [-0.2, -0.15) is 0 Å². The van der Waals surface area contributed by atoms with Crippen molar-refractivity contribution in [1.82, 2.24) is 0 Å². The van der Waals surface area contributed by atoms with E-state index in [-0.39, 0.29) is 6.10 Å². The number of ether oxygens (including phenoxy) is 1. The molecule has 78 valence electrons. The van der Waals surface area contributed by atoms with Crippen LogP contribution in [0.3, 0.4) is 0 Å². The number of rotatable bonds is 4. The molecule has 0 saturated carbocycles. The minimum atomic E-state index is 0.0709. The third-order valence-electron chi connectivity index (χ3n) is 2.10. The Labute approximate surface area is 91.0 Å². The fourth-order valence-corrected chi connectivity index (χ4v) is 1.26. The summed E-state index contributed by atoms with van der Waals surface area (Å²) in [5.41, 5.74) is 1.33. The van der Waals surface area contributed by atoms with Crippen LogP contribution in [0.5, 0.6) is 5.75 Å². The van der Waals surface area contributed by atoms with Crippen molar-refractivity contribution in [2.75, 3.05) is 5.88 Å². The smallest absolute Gasteiger partial charge is 0.119 e. The molecule has 1 unspecified atom stereocenters. The first kappa shape index (κ1) is 11.4. The summed E-state index contributed by atoms with van der Waals surface area (Å²) in [7, 11) is 0. The number of hydrogen-bond donors (Lipinski definition) is 0. The third-order valence-corrected chi connectivity index (χ3v) is 2.54. The minimum Gasteiger partial charge on any atom is -0.489 e. The standard InChI is InChI=1S/C12H17ClO/c1-9(2)11-4-6-12(7-5-11)14-10(3)8-13/h4-7,9-10H,8H2,1-3H3. The number of alkyl halides is 1. The first-order chi connectivity index (χ1) is 6.63. The van der Waals surface area contributed by atoms with Gasteiger partial charge >= 0.3 is 0 Å². The molecule has 1 rings (SSSR count). The molecule has 2 heteroatoms. The molecule has 0 bridgehead atoms. The average molecular weight is 213 g/mol. The van der Waals surface area contributed by atoms with Crippen LogP contribution < -0.4 is 4.74 Å². The predicted octanol–water partition coefficient (Wildman–Crippen LogP) is 3.82. The zero-order valence-corrected chi connectivity index (χ0v) is 9.71. The molecule has 0 fully saturated rings. The van der Waals surface area contributed by atoms with Crippen molar-refractivity contribution >= 4 is 11.6 Å². The van der Waals surface area contributed by atoms with Gasteiger partial charge in [0.05, 0.1) is 5.88 Å². The highest BCUT2D eigenvalue weighted by atomic mass is 35.5. The molecule has 0 heterocycles. The van der Waals surface area contributed by atoms with Crippen molar-refractivity contribution < 1.29 is 4.74 Å². The van der Waals surface area contributed by atoms with E-state index in [0.717, 1.165) is 5.75 Å². The molecule has 1 aromatic rings. The molecule has 14 heavy (non-hydrogen) atoms. The van der Waals surface area contributed by atoms with E-state index in [4.69, 9.17) is 16.3 Å². The van der Waals surface area contributed by atoms with E-state index in [0.29, 0.717) is 11.8 Å². The van der Waals surface area contributed by atoms with Crippen molar-refractivity contribution in [2.24, 2.45) is 0 Å². The topological polar surface area (TPSA) is 9.23 Å². The van der Waals surface area contributed by atoms with Gasteiger partial charge in [0.25, 0.3) is 0 Å². The highest BCUT2D eigenvalue weighted by Crippen LogP contribution is 2.19. The van der Waals surface area contributed by atoms with Gasteiger partial charge in [-0.05, 0) is 30.5 Å². The lowest BCUT2D eigenvalue weighted by Gasteiger charge is -2.12. The fourth-order valence-electron chi connectivity index (χ4n) is 1.20. The van der Waals surface area contributed by atoms with E-state index >= 15 is 0 Å². The summed E-state index contributed by atoms with van der Waals surface area (Å²) < 4.78 is 5.57. The van der Waals surface area contributed by atoms with Gasteiger partial charge in [-0.1, -0.05) is 26.0 Å². The Morgan fingerprint density at radius 2 is 1.71 bits per heavy atom. The van der Waals surface area contributed by atoms with Gasteiger partial charge in [0, 0.05) is 0 Å². The lowest BCUT2D eigenvalue weighted by atomic mass is 10.0. The molecule has 0 aliphatic heterocycles. The molecule has 0 aliphatic rings. The van der Waals surface area contributed by atoms with Gasteiger partial charge in [0.1, 0.15) is 11.9 Å². The van der Waals surface area contributed by atoms with E-state index in [9.17, 15) is 0 Å². The Hall–Kier alpha value is -0.690. The van der Waals surface area contributed by atoms with Crippen molar-refractivity contribution in [3.05, 3.63) is 29.8 Å². The molecule has 0 aliphatic carbocycles. The van der Waals surface area contributed by atoms with Crippen LogP contribution >= 0.6 is 11.6 Å². The summed E-state index contributed by atoms with van der Waals surface area (Å²) in [6.07, 6.45) is 0.0709. The van der Waals surface area contributed by atoms with E-state index in [1.807, 2.05) is 19.1 Å². The summed E-state index contributed by atoms with van der Waals surface area (Å²) in [6, 6.07) is 8.19. The van der Waals surface area contributed by atoms with Gasteiger partial charge in [-0.15, -0.1) is 11.6 Å². The van der Waals surface area contributed by atoms with E-state index < -0.39 is 0 Å². The Morgan fingerprint density at radius 1 is 1.14 bits per heavy atom. The van der Waals surface area contributed by atoms with Gasteiger partial charge in [0.2, 0.25) is 0 Å². The monoisotopic (exact) mass is 212 g/mol. The third kappa shape index (κ3) is 3.22. The van der Waals surface area contributed by atoms with Gasteiger partial charge in [0.15, 0.2) is 0 Å². The van der Waals surface area contributed by atoms with Crippen LogP contribution in [-0.4, -0.2) is 12.0 Å². The van der Waals surface area contributed by atoms with Crippen LogP contribution in [0.15, 0.2) is 24.3 Å². The summed E-state index contributed by atoms with van der Waals surface area (Å²) in [6.45, 7) is 6.32. The second kappa shape index (κ2) is 5.26. The summed E-state index contributed by atoms with van der Waals surface area (Å²) >= 11 is 5.66. The molecule has 1 atom stereocenters. The maximum absolute atomic E-state index is 5.66. The fraction of sp³-hybridized carbons (Fsp3) is 0.500. The Kier molecular flexibility index (Phi) is 4.27. The zero-order valence-electron chi connectivity index (χ0n) is 8.96. The summed E-state index contributed by atoms with van der Waals surface area (Å²) in [5, 5.41) is 0. The molecular formula is C12H17ClO. The minimum absolute atomic E-state index is 0.0709. The Morgan fingerprint density at radius 3 is 2.14 bits per heavy atom. The molecule has 1 aromatic carbocycles. The zero-order chi connectivity index (χ0) is 10.6. The molecule has 0 radical (unpaired) electrons. The van der Waals surface area contributed by atoms with E-state index in [1.54, 1.807) is 0 Å². The molecule has 1 nitrogen and oxygen atoms in total. The first-order valence-corrected chi connectivity index (χ1v) is 5.49. The number of benzene rings is 1. The maximum Gasteiger partial charge on any atom is 0.119 e. The van der Waals surface area contributed by atoms with E-state index in [2.05, 4.69) is 26.0 Å². The lowest BCUT2D eigenvalue weighted by Crippen LogP contribution is -2.12. The van der Waals surface area contributed by atoms with Crippen LogP contribution in [0.2, 0.25) is 0 Å². The van der Waals surface area contributed by atoms with Crippen molar-refractivity contribution in [3.63, 3.8) is 0 Å².